The van der Waals surface area contributed by atoms with E-state index in [9.17, 15) is 9.59 Å². The highest BCUT2D eigenvalue weighted by Crippen LogP contribution is 2.11. The minimum atomic E-state index is -1.20. The lowest BCUT2D eigenvalue weighted by Crippen LogP contribution is -2.17. The van der Waals surface area contributed by atoms with Gasteiger partial charge in [-0.2, -0.15) is 0 Å². The van der Waals surface area contributed by atoms with Crippen molar-refractivity contribution in [2.45, 2.75) is 6.92 Å². The standard InChI is InChI=1S/C13H11N3O3/c1-8-2-5-15-11(6-8)16-12(17)9-3-4-14-7-10(9)13(18)19/h2-7H,1H3,(H,18,19)(H,15,16,17). The van der Waals surface area contributed by atoms with Crippen LogP contribution in [-0.4, -0.2) is 27.0 Å². The molecule has 0 aromatic carbocycles. The van der Waals surface area contributed by atoms with Gasteiger partial charge in [-0.15, -0.1) is 0 Å². The molecule has 0 atom stereocenters. The third kappa shape index (κ3) is 2.92. The summed E-state index contributed by atoms with van der Waals surface area (Å²) in [6, 6.07) is 4.85. The predicted octanol–water partition coefficient (Wildman–Crippen LogP) is 1.74. The Kier molecular flexibility index (Phi) is 3.51. The van der Waals surface area contributed by atoms with Gasteiger partial charge in [0.1, 0.15) is 5.82 Å². The van der Waals surface area contributed by atoms with Gasteiger partial charge in [-0.3, -0.25) is 9.78 Å². The summed E-state index contributed by atoms with van der Waals surface area (Å²) in [4.78, 5) is 30.7. The molecule has 0 bridgehead atoms. The largest absolute Gasteiger partial charge is 0.478 e. The van der Waals surface area contributed by atoms with Gasteiger partial charge in [-0.05, 0) is 30.7 Å². The van der Waals surface area contributed by atoms with Crippen LogP contribution in [0.3, 0.4) is 0 Å². The smallest absolute Gasteiger partial charge is 0.338 e. The summed E-state index contributed by atoms with van der Waals surface area (Å²) in [5.74, 6) is -1.36. The zero-order valence-corrected chi connectivity index (χ0v) is 10.1. The lowest BCUT2D eigenvalue weighted by molar-refractivity contribution is 0.0692. The fraction of sp³-hybridized carbons (Fsp3) is 0.0769. The van der Waals surface area contributed by atoms with Crippen LogP contribution in [0.2, 0.25) is 0 Å². The third-order valence-electron chi connectivity index (χ3n) is 2.45. The lowest BCUT2D eigenvalue weighted by Gasteiger charge is -2.07. The number of carbonyl (C=O) groups is 2. The number of nitrogens with one attached hydrogen (secondary N) is 1. The summed E-state index contributed by atoms with van der Waals surface area (Å²) >= 11 is 0. The molecule has 2 aromatic heterocycles. The Labute approximate surface area is 109 Å². The Bertz CT molecular complexity index is 641. The van der Waals surface area contributed by atoms with E-state index >= 15 is 0 Å². The number of carbonyl (C=O) groups excluding carboxylic acids is 1. The Morgan fingerprint density at radius 2 is 2.00 bits per heavy atom. The highest BCUT2D eigenvalue weighted by molar-refractivity contribution is 6.10. The molecule has 0 unspecified atom stereocenters. The summed E-state index contributed by atoms with van der Waals surface area (Å²) in [6.45, 7) is 1.87. The molecular weight excluding hydrogens is 246 g/mol. The van der Waals surface area contributed by atoms with Gasteiger partial charge in [0.15, 0.2) is 0 Å². The van der Waals surface area contributed by atoms with Crippen molar-refractivity contribution in [3.05, 3.63) is 53.5 Å². The highest BCUT2D eigenvalue weighted by atomic mass is 16.4. The van der Waals surface area contributed by atoms with Crippen molar-refractivity contribution in [1.82, 2.24) is 9.97 Å². The number of carboxylic acids is 1. The van der Waals surface area contributed by atoms with Crippen LogP contribution in [0.1, 0.15) is 26.3 Å². The van der Waals surface area contributed by atoms with E-state index in [1.807, 2.05) is 6.92 Å². The number of hydrogen-bond acceptors (Lipinski definition) is 4. The molecule has 0 saturated carbocycles. The quantitative estimate of drug-likeness (QED) is 0.873. The van der Waals surface area contributed by atoms with E-state index in [2.05, 4.69) is 15.3 Å². The zero-order valence-electron chi connectivity index (χ0n) is 10.1. The van der Waals surface area contributed by atoms with E-state index in [4.69, 9.17) is 5.11 Å². The van der Waals surface area contributed by atoms with Crippen molar-refractivity contribution in [3.8, 4) is 0 Å². The molecule has 6 nitrogen and oxygen atoms in total. The number of aromatic carboxylic acids is 1. The minimum absolute atomic E-state index is 0.0470. The first kappa shape index (κ1) is 12.7. The average Bonchev–Trinajstić information content (AvgIpc) is 2.38. The summed E-state index contributed by atoms with van der Waals surface area (Å²) in [5, 5.41) is 11.5. The molecule has 96 valence electrons. The molecule has 2 rings (SSSR count). The summed E-state index contributed by atoms with van der Waals surface area (Å²) in [5.41, 5.74) is 0.844. The van der Waals surface area contributed by atoms with E-state index in [-0.39, 0.29) is 11.1 Å². The van der Waals surface area contributed by atoms with Crippen molar-refractivity contribution >= 4 is 17.7 Å². The predicted molar refractivity (Wildman–Crippen MR) is 68.1 cm³/mol. The topological polar surface area (TPSA) is 92.2 Å². The summed E-state index contributed by atoms with van der Waals surface area (Å²) in [7, 11) is 0. The van der Waals surface area contributed by atoms with E-state index in [0.29, 0.717) is 5.82 Å². The van der Waals surface area contributed by atoms with Crippen LogP contribution in [0.5, 0.6) is 0 Å². The van der Waals surface area contributed by atoms with Gasteiger partial charge < -0.3 is 10.4 Å². The normalized spacial score (nSPS) is 9.95. The number of nitrogens with zero attached hydrogens (tertiary/aromatic N) is 2. The van der Waals surface area contributed by atoms with E-state index < -0.39 is 11.9 Å². The van der Waals surface area contributed by atoms with Gasteiger partial charge in [0.25, 0.3) is 5.91 Å². The van der Waals surface area contributed by atoms with Gasteiger partial charge in [-0.1, -0.05) is 0 Å². The van der Waals surface area contributed by atoms with Crippen molar-refractivity contribution in [2.75, 3.05) is 5.32 Å². The molecule has 0 radical (unpaired) electrons. The summed E-state index contributed by atoms with van der Waals surface area (Å²) in [6.07, 6.45) is 4.07. The van der Waals surface area contributed by atoms with Crippen LogP contribution in [0.25, 0.3) is 0 Å². The van der Waals surface area contributed by atoms with Crippen LogP contribution in [0.15, 0.2) is 36.8 Å². The Morgan fingerprint density at radius 1 is 1.21 bits per heavy atom. The number of aromatic nitrogens is 2. The lowest BCUT2D eigenvalue weighted by atomic mass is 10.1. The number of carboxylic acid groups (broad SMARTS) is 1. The Morgan fingerprint density at radius 3 is 2.68 bits per heavy atom. The van der Waals surface area contributed by atoms with Crippen LogP contribution < -0.4 is 5.32 Å². The van der Waals surface area contributed by atoms with Gasteiger partial charge in [0.05, 0.1) is 11.1 Å². The second-order valence-electron chi connectivity index (χ2n) is 3.90. The number of pyridine rings is 2. The van der Waals surface area contributed by atoms with E-state index in [0.717, 1.165) is 11.8 Å². The van der Waals surface area contributed by atoms with Gasteiger partial charge in [0, 0.05) is 18.6 Å². The highest BCUT2D eigenvalue weighted by Gasteiger charge is 2.16. The maximum Gasteiger partial charge on any atom is 0.338 e. The fourth-order valence-electron chi connectivity index (χ4n) is 1.55. The number of aryl methyl sites for hydroxylation is 1. The van der Waals surface area contributed by atoms with Crippen molar-refractivity contribution in [1.29, 1.82) is 0 Å². The van der Waals surface area contributed by atoms with Crippen LogP contribution in [0, 0.1) is 6.92 Å². The molecule has 0 spiro atoms. The molecule has 2 heterocycles. The maximum absolute atomic E-state index is 12.0. The fourth-order valence-corrected chi connectivity index (χ4v) is 1.55. The molecule has 0 fully saturated rings. The van der Waals surface area contributed by atoms with Crippen molar-refractivity contribution in [3.63, 3.8) is 0 Å². The summed E-state index contributed by atoms with van der Waals surface area (Å²) < 4.78 is 0. The molecule has 1 amide bonds. The number of amides is 1. The minimum Gasteiger partial charge on any atom is -0.478 e. The molecule has 0 saturated heterocycles. The van der Waals surface area contributed by atoms with Gasteiger partial charge in [0.2, 0.25) is 0 Å². The van der Waals surface area contributed by atoms with Gasteiger partial charge in [-0.25, -0.2) is 9.78 Å². The Balaban J connectivity index is 2.28. The third-order valence-corrected chi connectivity index (χ3v) is 2.45. The second-order valence-corrected chi connectivity index (χ2v) is 3.90. The Hall–Kier alpha value is -2.76. The monoisotopic (exact) mass is 257 g/mol. The first-order valence-corrected chi connectivity index (χ1v) is 5.49. The molecule has 19 heavy (non-hydrogen) atoms. The van der Waals surface area contributed by atoms with Crippen molar-refractivity contribution < 1.29 is 14.7 Å². The molecule has 0 aliphatic heterocycles. The molecule has 2 aromatic rings. The molecule has 0 aliphatic rings. The SMILES string of the molecule is Cc1ccnc(NC(=O)c2ccncc2C(=O)O)c1. The first-order chi connectivity index (χ1) is 9.08. The average molecular weight is 257 g/mol. The van der Waals surface area contributed by atoms with Crippen molar-refractivity contribution in [2.24, 2.45) is 0 Å². The van der Waals surface area contributed by atoms with Crippen LogP contribution in [-0.2, 0) is 0 Å². The first-order valence-electron chi connectivity index (χ1n) is 5.49. The number of rotatable bonds is 3. The van der Waals surface area contributed by atoms with Crippen LogP contribution >= 0.6 is 0 Å². The van der Waals surface area contributed by atoms with Crippen LogP contribution in [0.4, 0.5) is 5.82 Å². The molecule has 2 N–H and O–H groups in total. The zero-order chi connectivity index (χ0) is 13.8. The second kappa shape index (κ2) is 5.26. The number of hydrogen-bond donors (Lipinski definition) is 2. The molecule has 0 aliphatic carbocycles. The maximum atomic E-state index is 12.0. The van der Waals surface area contributed by atoms with Gasteiger partial charge >= 0.3 is 5.97 Å². The van der Waals surface area contributed by atoms with E-state index in [1.165, 1.54) is 12.3 Å². The molecule has 6 heteroatoms. The molecular formula is C13H11N3O3. The van der Waals surface area contributed by atoms with E-state index in [1.54, 1.807) is 18.3 Å². The number of anilines is 1.